The van der Waals surface area contributed by atoms with Crippen LogP contribution in [0.4, 0.5) is 4.79 Å². The van der Waals surface area contributed by atoms with E-state index in [0.717, 1.165) is 5.56 Å². The number of hydrogen-bond acceptors (Lipinski definition) is 4. The lowest BCUT2D eigenvalue weighted by molar-refractivity contribution is -0.153. The summed E-state index contributed by atoms with van der Waals surface area (Å²) in [4.78, 5) is 26.3. The van der Waals surface area contributed by atoms with E-state index in [1.807, 2.05) is 12.1 Å². The van der Waals surface area contributed by atoms with Gasteiger partial charge in [-0.25, -0.2) is 4.79 Å². The zero-order chi connectivity index (χ0) is 15.9. The van der Waals surface area contributed by atoms with Crippen LogP contribution < -0.4 is 9.47 Å². The number of benzene rings is 1. The number of fused-ring (bicyclic) bond motifs is 1. The fourth-order valence-corrected chi connectivity index (χ4v) is 3.24. The van der Waals surface area contributed by atoms with E-state index in [2.05, 4.69) is 0 Å². The quantitative estimate of drug-likeness (QED) is 0.845. The minimum absolute atomic E-state index is 0.0169. The Hall–Kier alpha value is -2.44. The molecule has 2 aliphatic heterocycles. The van der Waals surface area contributed by atoms with E-state index in [9.17, 15) is 9.59 Å². The van der Waals surface area contributed by atoms with Crippen LogP contribution >= 0.6 is 0 Å². The second-order valence-electron chi connectivity index (χ2n) is 5.43. The van der Waals surface area contributed by atoms with Gasteiger partial charge in [-0.15, -0.1) is 0 Å². The van der Waals surface area contributed by atoms with Crippen molar-refractivity contribution in [3.8, 4) is 11.5 Å². The van der Waals surface area contributed by atoms with Gasteiger partial charge < -0.3 is 19.5 Å². The molecule has 2 amide bonds. The lowest BCUT2D eigenvalue weighted by Gasteiger charge is -2.45. The molecule has 0 bridgehead atoms. The predicted molar refractivity (Wildman–Crippen MR) is 77.0 cm³/mol. The third kappa shape index (κ3) is 2.13. The van der Waals surface area contributed by atoms with Crippen molar-refractivity contribution >= 4 is 12.0 Å². The van der Waals surface area contributed by atoms with Crippen LogP contribution in [0.1, 0.15) is 12.0 Å². The number of carboxylic acid groups (broad SMARTS) is 1. The molecular formula is C15H18N2O5. The van der Waals surface area contributed by atoms with Gasteiger partial charge in [-0.2, -0.15) is 0 Å². The summed E-state index contributed by atoms with van der Waals surface area (Å²) in [6.45, 7) is 0.868. The molecule has 2 aliphatic rings. The minimum atomic E-state index is -1.02. The monoisotopic (exact) mass is 306 g/mol. The van der Waals surface area contributed by atoms with Crippen molar-refractivity contribution in [1.82, 2.24) is 9.80 Å². The van der Waals surface area contributed by atoms with Crippen LogP contribution in [-0.4, -0.2) is 59.8 Å². The van der Waals surface area contributed by atoms with Crippen molar-refractivity contribution in [2.75, 3.05) is 20.8 Å². The van der Waals surface area contributed by atoms with Gasteiger partial charge in [-0.05, 0) is 24.1 Å². The number of carbonyl (C=O) groups excluding carboxylic acids is 1. The van der Waals surface area contributed by atoms with Crippen LogP contribution in [-0.2, 0) is 11.3 Å². The van der Waals surface area contributed by atoms with E-state index in [1.54, 1.807) is 25.2 Å². The van der Waals surface area contributed by atoms with E-state index in [-0.39, 0.29) is 11.9 Å². The largest absolute Gasteiger partial charge is 0.493 e. The van der Waals surface area contributed by atoms with Gasteiger partial charge in [0.1, 0.15) is 6.04 Å². The molecule has 1 aromatic carbocycles. The number of amides is 2. The van der Waals surface area contributed by atoms with Gasteiger partial charge in [0.2, 0.25) is 5.91 Å². The van der Waals surface area contributed by atoms with E-state index in [1.165, 1.54) is 4.90 Å². The molecule has 2 saturated heterocycles. The highest BCUT2D eigenvalue weighted by Crippen LogP contribution is 2.36. The average Bonchev–Trinajstić information content (AvgIpc) is 2.93. The van der Waals surface area contributed by atoms with Crippen molar-refractivity contribution in [1.29, 1.82) is 0 Å². The predicted octanol–water partition coefficient (Wildman–Crippen LogP) is 1.17. The molecule has 0 aliphatic carbocycles. The summed E-state index contributed by atoms with van der Waals surface area (Å²) in [7, 11) is 3.13. The minimum Gasteiger partial charge on any atom is -0.493 e. The molecule has 3 rings (SSSR count). The zero-order valence-corrected chi connectivity index (χ0v) is 12.5. The summed E-state index contributed by atoms with van der Waals surface area (Å²) in [6, 6.07) is 5.00. The Balaban J connectivity index is 1.73. The van der Waals surface area contributed by atoms with Gasteiger partial charge in [-0.1, -0.05) is 6.07 Å². The Morgan fingerprint density at radius 2 is 2.05 bits per heavy atom. The lowest BCUT2D eigenvalue weighted by Crippen LogP contribution is -2.66. The second kappa shape index (κ2) is 5.40. The van der Waals surface area contributed by atoms with Crippen molar-refractivity contribution in [2.45, 2.75) is 25.0 Å². The molecule has 2 heterocycles. The summed E-state index contributed by atoms with van der Waals surface area (Å²) >= 11 is 0. The van der Waals surface area contributed by atoms with Crippen LogP contribution in [0.5, 0.6) is 11.5 Å². The highest BCUT2D eigenvalue weighted by molar-refractivity contribution is 5.93. The molecule has 2 atom stereocenters. The average molecular weight is 306 g/mol. The second-order valence-corrected chi connectivity index (χ2v) is 5.43. The molecule has 1 N–H and O–H groups in total. The van der Waals surface area contributed by atoms with Crippen molar-refractivity contribution in [3.05, 3.63) is 23.8 Å². The Kier molecular flexibility index (Phi) is 3.56. The molecule has 0 spiro atoms. The Morgan fingerprint density at radius 3 is 2.68 bits per heavy atom. The first kappa shape index (κ1) is 14.5. The molecule has 0 unspecified atom stereocenters. The van der Waals surface area contributed by atoms with Gasteiger partial charge in [-0.3, -0.25) is 9.69 Å². The summed E-state index contributed by atoms with van der Waals surface area (Å²) in [5, 5.41) is 9.08. The number of ether oxygens (including phenoxy) is 2. The van der Waals surface area contributed by atoms with Crippen LogP contribution in [0.3, 0.4) is 0 Å². The number of likely N-dealkylation sites (tertiary alicyclic amines) is 2. The molecule has 1 aromatic rings. The molecule has 22 heavy (non-hydrogen) atoms. The first-order chi connectivity index (χ1) is 10.6. The van der Waals surface area contributed by atoms with Gasteiger partial charge in [0.25, 0.3) is 0 Å². The zero-order valence-electron chi connectivity index (χ0n) is 12.5. The highest BCUT2D eigenvalue weighted by Gasteiger charge is 2.55. The maximum atomic E-state index is 12.2. The summed E-state index contributed by atoms with van der Waals surface area (Å²) in [6.07, 6.45) is -0.331. The maximum Gasteiger partial charge on any atom is 0.408 e. The van der Waals surface area contributed by atoms with Crippen LogP contribution in [0.15, 0.2) is 18.2 Å². The maximum absolute atomic E-state index is 12.2. The Morgan fingerprint density at radius 1 is 1.32 bits per heavy atom. The number of rotatable bonds is 4. The van der Waals surface area contributed by atoms with Crippen molar-refractivity contribution < 1.29 is 24.2 Å². The molecule has 118 valence electrons. The Labute approximate surface area is 128 Å². The molecule has 0 aromatic heterocycles. The number of methoxy groups -OCH3 is 2. The van der Waals surface area contributed by atoms with E-state index in [4.69, 9.17) is 14.6 Å². The lowest BCUT2D eigenvalue weighted by atomic mass is 9.95. The van der Waals surface area contributed by atoms with Gasteiger partial charge >= 0.3 is 6.09 Å². The first-order valence-corrected chi connectivity index (χ1v) is 7.07. The molecule has 7 nitrogen and oxygen atoms in total. The first-order valence-electron chi connectivity index (χ1n) is 7.07. The Bertz CT molecular complexity index is 618. The molecule has 0 radical (unpaired) electrons. The van der Waals surface area contributed by atoms with Gasteiger partial charge in [0, 0.05) is 13.1 Å². The molecular weight excluding hydrogens is 288 g/mol. The normalized spacial score (nSPS) is 23.1. The number of hydrogen-bond donors (Lipinski definition) is 1. The summed E-state index contributed by atoms with van der Waals surface area (Å²) < 4.78 is 10.4. The van der Waals surface area contributed by atoms with Crippen LogP contribution in [0, 0.1) is 0 Å². The standard InChI is InChI=1S/C15H18N2O5/c1-21-11-4-3-9(7-12(11)22-2)8-17-10-5-6-16(15(19)20)13(10)14(17)18/h3-4,7,10,13H,5-6,8H2,1-2H3,(H,19,20)/t10-,13+/m1/s1. The third-order valence-electron chi connectivity index (χ3n) is 4.35. The number of β-lactam (4-membered cyclic amide) rings is 1. The SMILES string of the molecule is COc1ccc(CN2C(=O)[C@@H]3[C@H]2CCN3C(=O)O)cc1OC. The number of carbonyl (C=O) groups is 2. The van der Waals surface area contributed by atoms with E-state index < -0.39 is 12.1 Å². The van der Waals surface area contributed by atoms with Crippen molar-refractivity contribution in [3.63, 3.8) is 0 Å². The summed E-state index contributed by atoms with van der Waals surface area (Å²) in [5.74, 6) is 1.12. The smallest absolute Gasteiger partial charge is 0.408 e. The molecule has 0 saturated carbocycles. The van der Waals surface area contributed by atoms with E-state index in [0.29, 0.717) is 31.0 Å². The number of nitrogens with zero attached hydrogens (tertiary/aromatic N) is 2. The summed E-state index contributed by atoms with van der Waals surface area (Å²) in [5.41, 5.74) is 0.929. The fraction of sp³-hybridized carbons (Fsp3) is 0.467. The van der Waals surface area contributed by atoms with Crippen molar-refractivity contribution in [2.24, 2.45) is 0 Å². The third-order valence-corrected chi connectivity index (χ3v) is 4.35. The topological polar surface area (TPSA) is 79.3 Å². The highest BCUT2D eigenvalue weighted by atomic mass is 16.5. The van der Waals surface area contributed by atoms with E-state index >= 15 is 0 Å². The van der Waals surface area contributed by atoms with Crippen LogP contribution in [0.25, 0.3) is 0 Å². The molecule has 2 fully saturated rings. The van der Waals surface area contributed by atoms with Crippen LogP contribution in [0.2, 0.25) is 0 Å². The fourth-order valence-electron chi connectivity index (χ4n) is 3.24. The van der Waals surface area contributed by atoms with Gasteiger partial charge in [0.05, 0.1) is 20.3 Å². The molecule has 7 heteroatoms. The van der Waals surface area contributed by atoms with Gasteiger partial charge in [0.15, 0.2) is 11.5 Å².